The van der Waals surface area contributed by atoms with Crippen molar-refractivity contribution in [3.63, 3.8) is 0 Å². The fourth-order valence-electron chi connectivity index (χ4n) is 1.85. The van der Waals surface area contributed by atoms with E-state index in [-0.39, 0.29) is 5.60 Å². The first kappa shape index (κ1) is 16.7. The Morgan fingerprint density at radius 3 is 2.42 bits per heavy atom. The number of thiophene rings is 1. The minimum Gasteiger partial charge on any atom is -0.374 e. The first-order chi connectivity index (χ1) is 8.94. The standard InChI is InChI=1S/C16H29NOS/c1-6-10-17-13(12-18-16(3,4)5)11-15-9-8-14(7-2)19-15/h8-9,13,17H,6-7,10-12H2,1-5H3. The molecular weight excluding hydrogens is 254 g/mol. The summed E-state index contributed by atoms with van der Waals surface area (Å²) in [6.45, 7) is 12.6. The Kier molecular flexibility index (Phi) is 7.05. The highest BCUT2D eigenvalue weighted by Gasteiger charge is 2.16. The lowest BCUT2D eigenvalue weighted by molar-refractivity contribution is -0.0142. The highest BCUT2D eigenvalue weighted by molar-refractivity contribution is 7.11. The van der Waals surface area contributed by atoms with Gasteiger partial charge in [-0.05, 0) is 58.7 Å². The predicted octanol–water partition coefficient (Wildman–Crippen LogP) is 4.04. The van der Waals surface area contributed by atoms with Crippen LogP contribution in [0.5, 0.6) is 0 Å². The number of hydrogen-bond acceptors (Lipinski definition) is 3. The third kappa shape index (κ3) is 7.09. The van der Waals surface area contributed by atoms with Crippen molar-refractivity contribution in [1.29, 1.82) is 0 Å². The van der Waals surface area contributed by atoms with Crippen molar-refractivity contribution in [2.75, 3.05) is 13.2 Å². The van der Waals surface area contributed by atoms with E-state index < -0.39 is 0 Å². The molecule has 0 fully saturated rings. The quantitative estimate of drug-likeness (QED) is 0.777. The Bertz CT molecular complexity index is 354. The molecule has 1 aromatic rings. The number of rotatable bonds is 8. The lowest BCUT2D eigenvalue weighted by Crippen LogP contribution is -2.38. The molecule has 0 radical (unpaired) electrons. The lowest BCUT2D eigenvalue weighted by Gasteiger charge is -2.25. The van der Waals surface area contributed by atoms with Gasteiger partial charge in [-0.3, -0.25) is 0 Å². The van der Waals surface area contributed by atoms with Crippen LogP contribution < -0.4 is 5.32 Å². The summed E-state index contributed by atoms with van der Waals surface area (Å²) in [5.74, 6) is 0. The smallest absolute Gasteiger partial charge is 0.0630 e. The van der Waals surface area contributed by atoms with Crippen molar-refractivity contribution in [2.45, 2.75) is 65.5 Å². The molecular formula is C16H29NOS. The zero-order chi connectivity index (χ0) is 14.3. The van der Waals surface area contributed by atoms with Crippen LogP contribution in [0.1, 0.15) is 50.8 Å². The molecule has 0 aliphatic heterocycles. The summed E-state index contributed by atoms with van der Waals surface area (Å²) in [5, 5.41) is 3.60. The van der Waals surface area contributed by atoms with Gasteiger partial charge in [0.15, 0.2) is 0 Å². The average Bonchev–Trinajstić information content (AvgIpc) is 2.79. The summed E-state index contributed by atoms with van der Waals surface area (Å²) in [5.41, 5.74) is -0.0594. The second kappa shape index (κ2) is 8.03. The topological polar surface area (TPSA) is 21.3 Å². The summed E-state index contributed by atoms with van der Waals surface area (Å²) in [7, 11) is 0. The van der Waals surface area contributed by atoms with E-state index in [2.05, 4.69) is 52.1 Å². The molecule has 19 heavy (non-hydrogen) atoms. The first-order valence-corrected chi connectivity index (χ1v) is 8.21. The van der Waals surface area contributed by atoms with E-state index in [1.807, 2.05) is 11.3 Å². The van der Waals surface area contributed by atoms with Crippen LogP contribution in [0.15, 0.2) is 12.1 Å². The summed E-state index contributed by atoms with van der Waals surface area (Å²) in [6.07, 6.45) is 3.37. The van der Waals surface area contributed by atoms with Crippen LogP contribution in [0.4, 0.5) is 0 Å². The van der Waals surface area contributed by atoms with E-state index in [9.17, 15) is 0 Å². The van der Waals surface area contributed by atoms with Crippen molar-refractivity contribution in [2.24, 2.45) is 0 Å². The summed E-state index contributed by atoms with van der Waals surface area (Å²) in [4.78, 5) is 2.93. The summed E-state index contributed by atoms with van der Waals surface area (Å²) in [6, 6.07) is 4.94. The van der Waals surface area contributed by atoms with E-state index in [4.69, 9.17) is 4.74 Å². The normalized spacial score (nSPS) is 13.7. The third-order valence-electron chi connectivity index (χ3n) is 2.91. The van der Waals surface area contributed by atoms with Gasteiger partial charge in [0.05, 0.1) is 12.2 Å². The molecule has 110 valence electrons. The summed E-state index contributed by atoms with van der Waals surface area (Å²) < 4.78 is 5.94. The highest BCUT2D eigenvalue weighted by atomic mass is 32.1. The molecule has 0 saturated carbocycles. The molecule has 1 aromatic heterocycles. The molecule has 0 aliphatic carbocycles. The van der Waals surface area contributed by atoms with Gasteiger partial charge in [0.1, 0.15) is 0 Å². The third-order valence-corrected chi connectivity index (χ3v) is 4.17. The van der Waals surface area contributed by atoms with Crippen molar-refractivity contribution >= 4 is 11.3 Å². The van der Waals surface area contributed by atoms with Crippen LogP contribution in [-0.4, -0.2) is 24.8 Å². The maximum Gasteiger partial charge on any atom is 0.0630 e. The molecule has 0 spiro atoms. The Morgan fingerprint density at radius 1 is 1.21 bits per heavy atom. The molecule has 0 aromatic carbocycles. The lowest BCUT2D eigenvalue weighted by atomic mass is 10.1. The molecule has 0 saturated heterocycles. The Hall–Kier alpha value is -0.380. The molecule has 3 heteroatoms. The van der Waals surface area contributed by atoms with Gasteiger partial charge in [0, 0.05) is 15.8 Å². The van der Waals surface area contributed by atoms with Gasteiger partial charge >= 0.3 is 0 Å². The van der Waals surface area contributed by atoms with E-state index in [1.165, 1.54) is 9.75 Å². The van der Waals surface area contributed by atoms with Crippen LogP contribution in [-0.2, 0) is 17.6 Å². The maximum atomic E-state index is 5.94. The minimum absolute atomic E-state index is 0.0594. The molecule has 2 nitrogen and oxygen atoms in total. The SMILES string of the molecule is CCCNC(COC(C)(C)C)Cc1ccc(CC)s1. The Morgan fingerprint density at radius 2 is 1.89 bits per heavy atom. The fraction of sp³-hybridized carbons (Fsp3) is 0.750. The molecule has 1 heterocycles. The van der Waals surface area contributed by atoms with Crippen molar-refractivity contribution < 1.29 is 4.74 Å². The molecule has 0 aliphatic rings. The zero-order valence-corrected chi connectivity index (χ0v) is 13.9. The van der Waals surface area contributed by atoms with E-state index in [0.717, 1.165) is 32.4 Å². The van der Waals surface area contributed by atoms with Gasteiger partial charge in [0.25, 0.3) is 0 Å². The van der Waals surface area contributed by atoms with E-state index in [0.29, 0.717) is 6.04 Å². The minimum atomic E-state index is -0.0594. The van der Waals surface area contributed by atoms with Gasteiger partial charge in [-0.2, -0.15) is 0 Å². The van der Waals surface area contributed by atoms with Gasteiger partial charge in [-0.25, -0.2) is 0 Å². The van der Waals surface area contributed by atoms with Crippen molar-refractivity contribution in [3.05, 3.63) is 21.9 Å². The monoisotopic (exact) mass is 283 g/mol. The van der Waals surface area contributed by atoms with Gasteiger partial charge < -0.3 is 10.1 Å². The number of ether oxygens (including phenoxy) is 1. The Balaban J connectivity index is 2.52. The van der Waals surface area contributed by atoms with Crippen LogP contribution in [0, 0.1) is 0 Å². The molecule has 0 bridgehead atoms. The summed E-state index contributed by atoms with van der Waals surface area (Å²) >= 11 is 1.93. The first-order valence-electron chi connectivity index (χ1n) is 7.39. The molecule has 1 atom stereocenters. The van der Waals surface area contributed by atoms with Crippen molar-refractivity contribution in [1.82, 2.24) is 5.32 Å². The largest absolute Gasteiger partial charge is 0.374 e. The number of hydrogen-bond donors (Lipinski definition) is 1. The number of nitrogens with one attached hydrogen (secondary N) is 1. The molecule has 1 N–H and O–H groups in total. The van der Waals surface area contributed by atoms with Crippen LogP contribution in [0.25, 0.3) is 0 Å². The van der Waals surface area contributed by atoms with E-state index in [1.54, 1.807) is 0 Å². The average molecular weight is 283 g/mol. The fourth-order valence-corrected chi connectivity index (χ4v) is 2.89. The second-order valence-corrected chi connectivity index (χ2v) is 7.25. The maximum absolute atomic E-state index is 5.94. The predicted molar refractivity (Wildman–Crippen MR) is 85.2 cm³/mol. The van der Waals surface area contributed by atoms with Gasteiger partial charge in [-0.1, -0.05) is 13.8 Å². The Labute approximate surface area is 122 Å². The molecule has 1 unspecified atom stereocenters. The van der Waals surface area contributed by atoms with Gasteiger partial charge in [-0.15, -0.1) is 11.3 Å². The van der Waals surface area contributed by atoms with Crippen LogP contribution >= 0.6 is 11.3 Å². The zero-order valence-electron chi connectivity index (χ0n) is 13.1. The molecule has 1 rings (SSSR count). The molecule has 0 amide bonds. The number of aryl methyl sites for hydroxylation is 1. The van der Waals surface area contributed by atoms with Crippen LogP contribution in [0.3, 0.4) is 0 Å². The van der Waals surface area contributed by atoms with Crippen molar-refractivity contribution in [3.8, 4) is 0 Å². The van der Waals surface area contributed by atoms with Crippen LogP contribution in [0.2, 0.25) is 0 Å². The van der Waals surface area contributed by atoms with Gasteiger partial charge in [0.2, 0.25) is 0 Å². The second-order valence-electron chi connectivity index (χ2n) is 6.00. The van der Waals surface area contributed by atoms with E-state index >= 15 is 0 Å². The highest BCUT2D eigenvalue weighted by Crippen LogP contribution is 2.19.